The molecule has 1 aliphatic carbocycles. The minimum atomic E-state index is -3.68. The standard InChI is InChI=1S/C33H38FN3O6S/c1-44(40,41)37(28-17-18-30-31(21-28)43-23-42-30)19-7-12-32(38)36(22-25-13-15-26(34)16-14-25)29(20-24-8-3-2-4-9-24)33(39)35-27-10-5-6-11-27/h2-4,8-9,13-18,21,27,29H,5-7,10-12,19-20,22-23H2,1H3,(H,35,39)/t29-/m1/s1. The van der Waals surface area contributed by atoms with E-state index in [2.05, 4.69) is 5.32 Å². The van der Waals surface area contributed by atoms with E-state index < -0.39 is 21.9 Å². The van der Waals surface area contributed by atoms with Crippen LogP contribution in [-0.2, 0) is 32.6 Å². The van der Waals surface area contributed by atoms with E-state index in [1.54, 1.807) is 35.2 Å². The highest BCUT2D eigenvalue weighted by molar-refractivity contribution is 7.92. The summed E-state index contributed by atoms with van der Waals surface area (Å²) in [6.07, 6.45) is 5.53. The van der Waals surface area contributed by atoms with Crippen molar-refractivity contribution >= 4 is 27.5 Å². The zero-order chi connectivity index (χ0) is 31.1. The summed E-state index contributed by atoms with van der Waals surface area (Å²) < 4.78 is 51.2. The smallest absolute Gasteiger partial charge is 0.243 e. The molecular formula is C33H38FN3O6S. The summed E-state index contributed by atoms with van der Waals surface area (Å²) in [5, 5.41) is 3.16. The monoisotopic (exact) mass is 623 g/mol. The Morgan fingerprint density at radius 1 is 0.955 bits per heavy atom. The third kappa shape index (κ3) is 8.07. The van der Waals surface area contributed by atoms with Crippen molar-refractivity contribution in [2.45, 2.75) is 63.6 Å². The van der Waals surface area contributed by atoms with Crippen LogP contribution in [-0.4, -0.2) is 56.8 Å². The first-order valence-electron chi connectivity index (χ1n) is 14.9. The molecule has 234 valence electrons. The van der Waals surface area contributed by atoms with Crippen LogP contribution in [0.3, 0.4) is 0 Å². The van der Waals surface area contributed by atoms with E-state index >= 15 is 0 Å². The number of carbonyl (C=O) groups is 2. The van der Waals surface area contributed by atoms with Crippen LogP contribution in [0, 0.1) is 5.82 Å². The van der Waals surface area contributed by atoms with Crippen molar-refractivity contribution in [3.05, 3.63) is 89.7 Å². The fourth-order valence-electron chi connectivity index (χ4n) is 5.75. The second-order valence-electron chi connectivity index (χ2n) is 11.3. The molecule has 44 heavy (non-hydrogen) atoms. The van der Waals surface area contributed by atoms with E-state index in [-0.39, 0.29) is 50.6 Å². The van der Waals surface area contributed by atoms with Gasteiger partial charge in [0, 0.05) is 38.0 Å². The van der Waals surface area contributed by atoms with Gasteiger partial charge < -0.3 is 19.7 Å². The van der Waals surface area contributed by atoms with Crippen LogP contribution in [0.15, 0.2) is 72.8 Å². The number of ether oxygens (including phenoxy) is 2. The molecule has 2 aliphatic rings. The SMILES string of the molecule is CS(=O)(=O)N(CCCC(=O)N(Cc1ccc(F)cc1)[C@H](Cc1ccccc1)C(=O)NC1CCCC1)c1ccc2c(c1)OCO2. The van der Waals surface area contributed by atoms with Gasteiger partial charge in [0.2, 0.25) is 28.6 Å². The van der Waals surface area contributed by atoms with Crippen LogP contribution in [0.2, 0.25) is 0 Å². The number of nitrogens with zero attached hydrogens (tertiary/aromatic N) is 2. The predicted octanol–water partition coefficient (Wildman–Crippen LogP) is 4.80. The van der Waals surface area contributed by atoms with Gasteiger partial charge in [0.15, 0.2) is 11.5 Å². The fraction of sp³-hybridized carbons (Fsp3) is 0.394. The molecule has 2 amide bonds. The first-order chi connectivity index (χ1) is 21.2. The molecule has 0 saturated heterocycles. The number of hydrogen-bond acceptors (Lipinski definition) is 6. The molecule has 1 atom stereocenters. The molecule has 1 saturated carbocycles. The molecule has 1 heterocycles. The average molecular weight is 624 g/mol. The van der Waals surface area contributed by atoms with E-state index in [9.17, 15) is 22.4 Å². The van der Waals surface area contributed by atoms with Gasteiger partial charge in [-0.1, -0.05) is 55.3 Å². The molecule has 0 radical (unpaired) electrons. The number of anilines is 1. The van der Waals surface area contributed by atoms with Crippen LogP contribution in [0.4, 0.5) is 10.1 Å². The number of halogens is 1. The van der Waals surface area contributed by atoms with Crippen LogP contribution in [0.1, 0.15) is 49.7 Å². The van der Waals surface area contributed by atoms with Crippen LogP contribution in [0.5, 0.6) is 11.5 Å². The Morgan fingerprint density at radius 2 is 1.66 bits per heavy atom. The molecule has 3 aromatic carbocycles. The number of benzene rings is 3. The Balaban J connectivity index is 1.37. The van der Waals surface area contributed by atoms with Gasteiger partial charge in [0.05, 0.1) is 11.9 Å². The molecule has 0 bridgehead atoms. The maximum absolute atomic E-state index is 14.0. The molecule has 9 nitrogen and oxygen atoms in total. The Kier molecular flexibility index (Phi) is 10.0. The van der Waals surface area contributed by atoms with Gasteiger partial charge in [-0.05, 0) is 54.7 Å². The minimum absolute atomic E-state index is 0.000233. The normalized spacial score (nSPS) is 15.1. The van der Waals surface area contributed by atoms with Crippen molar-refractivity contribution in [3.63, 3.8) is 0 Å². The Bertz CT molecular complexity index is 1550. The lowest BCUT2D eigenvalue weighted by Gasteiger charge is -2.33. The molecule has 5 rings (SSSR count). The lowest BCUT2D eigenvalue weighted by Crippen LogP contribution is -2.52. The summed E-state index contributed by atoms with van der Waals surface area (Å²) >= 11 is 0. The van der Waals surface area contributed by atoms with Gasteiger partial charge in [0.1, 0.15) is 11.9 Å². The van der Waals surface area contributed by atoms with Crippen molar-refractivity contribution in [3.8, 4) is 11.5 Å². The van der Waals surface area contributed by atoms with E-state index in [1.165, 1.54) is 16.4 Å². The van der Waals surface area contributed by atoms with E-state index in [4.69, 9.17) is 9.47 Å². The number of amides is 2. The van der Waals surface area contributed by atoms with E-state index in [1.807, 2.05) is 30.3 Å². The number of nitrogens with one attached hydrogen (secondary N) is 1. The highest BCUT2D eigenvalue weighted by atomic mass is 32.2. The van der Waals surface area contributed by atoms with Crippen molar-refractivity contribution in [2.24, 2.45) is 0 Å². The van der Waals surface area contributed by atoms with Gasteiger partial charge >= 0.3 is 0 Å². The molecule has 0 spiro atoms. The highest BCUT2D eigenvalue weighted by Crippen LogP contribution is 2.36. The first kappa shape index (κ1) is 31.3. The van der Waals surface area contributed by atoms with Gasteiger partial charge in [-0.2, -0.15) is 0 Å². The van der Waals surface area contributed by atoms with Crippen molar-refractivity contribution in [1.82, 2.24) is 10.2 Å². The summed E-state index contributed by atoms with van der Waals surface area (Å²) in [5.41, 5.74) is 2.00. The lowest BCUT2D eigenvalue weighted by atomic mass is 10.0. The zero-order valence-electron chi connectivity index (χ0n) is 24.8. The largest absolute Gasteiger partial charge is 0.454 e. The number of rotatable bonds is 13. The van der Waals surface area contributed by atoms with Crippen molar-refractivity contribution in [1.29, 1.82) is 0 Å². The summed E-state index contributed by atoms with van der Waals surface area (Å²) in [5.74, 6) is 0.0741. The topological polar surface area (TPSA) is 105 Å². The number of sulfonamides is 1. The van der Waals surface area contributed by atoms with Crippen LogP contribution in [0.25, 0.3) is 0 Å². The number of carbonyl (C=O) groups excluding carboxylic acids is 2. The average Bonchev–Trinajstić information content (AvgIpc) is 3.69. The molecule has 1 aliphatic heterocycles. The maximum Gasteiger partial charge on any atom is 0.243 e. The van der Waals surface area contributed by atoms with Gasteiger partial charge in [0.25, 0.3) is 0 Å². The van der Waals surface area contributed by atoms with Gasteiger partial charge in [-0.25, -0.2) is 12.8 Å². The quantitative estimate of drug-likeness (QED) is 0.293. The Labute approximate surface area is 258 Å². The predicted molar refractivity (Wildman–Crippen MR) is 165 cm³/mol. The molecule has 11 heteroatoms. The highest BCUT2D eigenvalue weighted by Gasteiger charge is 2.32. The number of hydrogen-bond donors (Lipinski definition) is 1. The van der Waals surface area contributed by atoms with Gasteiger partial charge in [-0.3, -0.25) is 13.9 Å². The Hall–Kier alpha value is -4.12. The lowest BCUT2D eigenvalue weighted by molar-refractivity contribution is -0.141. The Morgan fingerprint density at radius 3 is 2.36 bits per heavy atom. The first-order valence-corrected chi connectivity index (χ1v) is 16.8. The summed E-state index contributed by atoms with van der Waals surface area (Å²) in [6.45, 7) is 0.216. The van der Waals surface area contributed by atoms with E-state index in [0.29, 0.717) is 29.2 Å². The summed E-state index contributed by atoms with van der Waals surface area (Å²) in [6, 6.07) is 19.6. The molecule has 1 N–H and O–H groups in total. The van der Waals surface area contributed by atoms with Crippen molar-refractivity contribution in [2.75, 3.05) is 23.9 Å². The number of fused-ring (bicyclic) bond motifs is 1. The maximum atomic E-state index is 14.0. The molecule has 0 aromatic heterocycles. The third-order valence-electron chi connectivity index (χ3n) is 8.04. The summed E-state index contributed by atoms with van der Waals surface area (Å²) in [7, 11) is -3.68. The molecule has 3 aromatic rings. The van der Waals surface area contributed by atoms with Gasteiger partial charge in [-0.15, -0.1) is 0 Å². The van der Waals surface area contributed by atoms with E-state index in [0.717, 1.165) is 37.5 Å². The molecule has 1 fully saturated rings. The third-order valence-corrected chi connectivity index (χ3v) is 9.23. The fourth-order valence-corrected chi connectivity index (χ4v) is 6.71. The van der Waals surface area contributed by atoms with Crippen LogP contribution >= 0.6 is 0 Å². The second kappa shape index (κ2) is 14.1. The van der Waals surface area contributed by atoms with Crippen molar-refractivity contribution < 1.29 is 31.9 Å². The molecule has 0 unspecified atom stereocenters. The molecular weight excluding hydrogens is 585 g/mol. The second-order valence-corrected chi connectivity index (χ2v) is 13.2. The minimum Gasteiger partial charge on any atom is -0.454 e. The van der Waals surface area contributed by atoms with Crippen LogP contribution < -0.4 is 19.1 Å². The zero-order valence-corrected chi connectivity index (χ0v) is 25.6. The summed E-state index contributed by atoms with van der Waals surface area (Å²) in [4.78, 5) is 29.3.